The SMILES string of the molecule is C[C@@H](Sc1n[nH]c(N)n1)C(=O)Nc1nc(-c2ccc(F)cc2)cs1. The maximum atomic E-state index is 13.0. The van der Waals surface area contributed by atoms with E-state index in [4.69, 9.17) is 5.73 Å². The van der Waals surface area contributed by atoms with E-state index in [1.807, 2.05) is 0 Å². The van der Waals surface area contributed by atoms with Crippen LogP contribution in [0, 0.1) is 5.82 Å². The standard InChI is InChI=1S/C14H13FN6OS2/c1-7(24-14-19-12(16)20-21-14)11(22)18-13-17-10(6-23-13)8-2-4-9(15)5-3-8/h2-7H,1H3,(H,17,18,22)(H3,16,19,20,21)/t7-/m1/s1. The summed E-state index contributed by atoms with van der Waals surface area (Å²) in [7, 11) is 0. The highest BCUT2D eigenvalue weighted by Crippen LogP contribution is 2.26. The highest BCUT2D eigenvalue weighted by Gasteiger charge is 2.18. The molecule has 0 saturated carbocycles. The molecule has 2 aromatic heterocycles. The third kappa shape index (κ3) is 3.89. The van der Waals surface area contributed by atoms with E-state index in [0.717, 1.165) is 5.56 Å². The van der Waals surface area contributed by atoms with Gasteiger partial charge in [-0.2, -0.15) is 4.98 Å². The van der Waals surface area contributed by atoms with Gasteiger partial charge in [0.25, 0.3) is 0 Å². The Morgan fingerprint density at radius 2 is 2.12 bits per heavy atom. The number of thioether (sulfide) groups is 1. The van der Waals surface area contributed by atoms with Gasteiger partial charge in [0.1, 0.15) is 5.82 Å². The number of thiazole rings is 1. The highest BCUT2D eigenvalue weighted by molar-refractivity contribution is 8.00. The Balaban J connectivity index is 1.63. The van der Waals surface area contributed by atoms with Gasteiger partial charge in [-0.1, -0.05) is 11.8 Å². The molecule has 124 valence electrons. The molecule has 0 bridgehead atoms. The second-order valence-electron chi connectivity index (χ2n) is 4.80. The number of rotatable bonds is 5. The Labute approximate surface area is 144 Å². The molecule has 0 aliphatic rings. The Hall–Kier alpha value is -2.46. The average molecular weight is 364 g/mol. The topological polar surface area (TPSA) is 110 Å². The second kappa shape index (κ2) is 6.97. The van der Waals surface area contributed by atoms with Crippen LogP contribution in [0.5, 0.6) is 0 Å². The number of nitrogens with one attached hydrogen (secondary N) is 2. The number of amides is 1. The summed E-state index contributed by atoms with van der Waals surface area (Å²) in [5.41, 5.74) is 6.91. The fourth-order valence-corrected chi connectivity index (χ4v) is 3.27. The third-order valence-electron chi connectivity index (χ3n) is 3.01. The van der Waals surface area contributed by atoms with Crippen LogP contribution in [-0.2, 0) is 4.79 Å². The first-order chi connectivity index (χ1) is 11.5. The normalized spacial score (nSPS) is 12.1. The molecule has 3 rings (SSSR count). The minimum Gasteiger partial charge on any atom is -0.368 e. The van der Waals surface area contributed by atoms with Gasteiger partial charge in [0, 0.05) is 10.9 Å². The number of halogens is 1. The van der Waals surface area contributed by atoms with Crippen LogP contribution < -0.4 is 11.1 Å². The fourth-order valence-electron chi connectivity index (χ4n) is 1.81. The average Bonchev–Trinajstić information content (AvgIpc) is 3.17. The molecule has 1 amide bonds. The number of benzene rings is 1. The lowest BCUT2D eigenvalue weighted by molar-refractivity contribution is -0.115. The molecule has 3 aromatic rings. The highest BCUT2D eigenvalue weighted by atomic mass is 32.2. The molecule has 0 unspecified atom stereocenters. The lowest BCUT2D eigenvalue weighted by atomic mass is 10.2. The maximum Gasteiger partial charge on any atom is 0.239 e. The summed E-state index contributed by atoms with van der Waals surface area (Å²) in [4.78, 5) is 20.5. The van der Waals surface area contributed by atoms with Crippen molar-refractivity contribution >= 4 is 40.1 Å². The van der Waals surface area contributed by atoms with E-state index in [9.17, 15) is 9.18 Å². The molecule has 0 saturated heterocycles. The van der Waals surface area contributed by atoms with Crippen molar-refractivity contribution in [2.45, 2.75) is 17.3 Å². The van der Waals surface area contributed by atoms with Gasteiger partial charge in [0.15, 0.2) is 5.13 Å². The van der Waals surface area contributed by atoms with E-state index in [2.05, 4.69) is 25.5 Å². The molecule has 4 N–H and O–H groups in total. The molecule has 7 nitrogen and oxygen atoms in total. The minimum absolute atomic E-state index is 0.203. The minimum atomic E-state index is -0.418. The number of aromatic amines is 1. The molecule has 24 heavy (non-hydrogen) atoms. The first-order valence-electron chi connectivity index (χ1n) is 6.88. The van der Waals surface area contributed by atoms with Gasteiger partial charge in [-0.3, -0.25) is 4.79 Å². The molecule has 2 heterocycles. The number of H-pyrrole nitrogens is 1. The summed E-state index contributed by atoms with van der Waals surface area (Å²) < 4.78 is 13.0. The van der Waals surface area contributed by atoms with Gasteiger partial charge in [-0.25, -0.2) is 14.5 Å². The number of carbonyl (C=O) groups excluding carboxylic acids is 1. The summed E-state index contributed by atoms with van der Waals surface area (Å²) in [5.74, 6) is -0.321. The van der Waals surface area contributed by atoms with Gasteiger partial charge >= 0.3 is 0 Å². The summed E-state index contributed by atoms with van der Waals surface area (Å²) in [6.07, 6.45) is 0. The Morgan fingerprint density at radius 1 is 1.38 bits per heavy atom. The Bertz CT molecular complexity index is 847. The number of aromatic nitrogens is 4. The lowest BCUT2D eigenvalue weighted by Gasteiger charge is -2.07. The molecule has 0 aliphatic carbocycles. The lowest BCUT2D eigenvalue weighted by Crippen LogP contribution is -2.22. The zero-order chi connectivity index (χ0) is 17.1. The summed E-state index contributed by atoms with van der Waals surface area (Å²) >= 11 is 2.49. The number of nitrogen functional groups attached to an aromatic ring is 1. The Morgan fingerprint density at radius 3 is 2.79 bits per heavy atom. The van der Waals surface area contributed by atoms with E-state index < -0.39 is 5.25 Å². The molecular formula is C14H13FN6OS2. The summed E-state index contributed by atoms with van der Waals surface area (Å²) in [5, 5.41) is 11.4. The van der Waals surface area contributed by atoms with E-state index in [-0.39, 0.29) is 17.7 Å². The van der Waals surface area contributed by atoms with Gasteiger partial charge in [0.05, 0.1) is 10.9 Å². The summed E-state index contributed by atoms with van der Waals surface area (Å²) in [6, 6.07) is 6.02. The van der Waals surface area contributed by atoms with Crippen molar-refractivity contribution in [1.29, 1.82) is 0 Å². The zero-order valence-electron chi connectivity index (χ0n) is 12.5. The second-order valence-corrected chi connectivity index (χ2v) is 6.96. The van der Waals surface area contributed by atoms with E-state index >= 15 is 0 Å². The van der Waals surface area contributed by atoms with Crippen LogP contribution in [0.4, 0.5) is 15.5 Å². The maximum absolute atomic E-state index is 13.0. The van der Waals surface area contributed by atoms with Gasteiger partial charge in [-0.05, 0) is 31.2 Å². The van der Waals surface area contributed by atoms with Crippen molar-refractivity contribution in [3.63, 3.8) is 0 Å². The molecule has 0 radical (unpaired) electrons. The van der Waals surface area contributed by atoms with Crippen LogP contribution in [0.25, 0.3) is 11.3 Å². The van der Waals surface area contributed by atoms with Crippen LogP contribution in [0.2, 0.25) is 0 Å². The van der Waals surface area contributed by atoms with Crippen LogP contribution in [-0.4, -0.2) is 31.3 Å². The third-order valence-corrected chi connectivity index (χ3v) is 4.73. The van der Waals surface area contributed by atoms with E-state index in [1.165, 1.54) is 35.2 Å². The number of hydrogen-bond donors (Lipinski definition) is 3. The van der Waals surface area contributed by atoms with Crippen molar-refractivity contribution < 1.29 is 9.18 Å². The van der Waals surface area contributed by atoms with Crippen molar-refractivity contribution in [2.24, 2.45) is 0 Å². The molecule has 0 spiro atoms. The number of nitrogens with two attached hydrogens (primary N) is 1. The van der Waals surface area contributed by atoms with Crippen LogP contribution in [0.3, 0.4) is 0 Å². The van der Waals surface area contributed by atoms with E-state index in [0.29, 0.717) is 16.0 Å². The van der Waals surface area contributed by atoms with Crippen molar-refractivity contribution in [1.82, 2.24) is 20.2 Å². The molecule has 0 aliphatic heterocycles. The largest absolute Gasteiger partial charge is 0.368 e. The molecule has 1 atom stereocenters. The molecule has 1 aromatic carbocycles. The predicted octanol–water partition coefficient (Wildman–Crippen LogP) is 2.77. The van der Waals surface area contributed by atoms with Crippen molar-refractivity contribution in [3.8, 4) is 11.3 Å². The summed E-state index contributed by atoms with van der Waals surface area (Å²) in [6.45, 7) is 1.74. The van der Waals surface area contributed by atoms with Gasteiger partial charge < -0.3 is 11.1 Å². The van der Waals surface area contributed by atoms with Crippen LogP contribution in [0.1, 0.15) is 6.92 Å². The molecule has 10 heteroatoms. The van der Waals surface area contributed by atoms with Crippen molar-refractivity contribution in [3.05, 3.63) is 35.5 Å². The fraction of sp³-hybridized carbons (Fsp3) is 0.143. The first kappa shape index (κ1) is 16.4. The monoisotopic (exact) mass is 364 g/mol. The molecule has 0 fully saturated rings. The Kier molecular flexibility index (Phi) is 4.76. The van der Waals surface area contributed by atoms with Crippen LogP contribution >= 0.6 is 23.1 Å². The number of hydrogen-bond acceptors (Lipinski definition) is 7. The van der Waals surface area contributed by atoms with Gasteiger partial charge in [-0.15, -0.1) is 16.4 Å². The molecular weight excluding hydrogens is 351 g/mol. The van der Waals surface area contributed by atoms with Crippen LogP contribution in [0.15, 0.2) is 34.8 Å². The first-order valence-corrected chi connectivity index (χ1v) is 8.64. The smallest absolute Gasteiger partial charge is 0.239 e. The van der Waals surface area contributed by atoms with E-state index in [1.54, 1.807) is 24.4 Å². The van der Waals surface area contributed by atoms with Gasteiger partial charge in [0.2, 0.25) is 17.0 Å². The van der Waals surface area contributed by atoms with Crippen molar-refractivity contribution in [2.75, 3.05) is 11.1 Å². The number of carbonyl (C=O) groups is 1. The number of anilines is 2. The zero-order valence-corrected chi connectivity index (χ0v) is 14.1. The predicted molar refractivity (Wildman–Crippen MR) is 92.3 cm³/mol. The number of nitrogens with zero attached hydrogens (tertiary/aromatic N) is 3. The quantitative estimate of drug-likeness (QED) is 0.601.